The normalized spacial score (nSPS) is 11.3. The summed E-state index contributed by atoms with van der Waals surface area (Å²) in [6, 6.07) is 16.5. The van der Waals surface area contributed by atoms with Crippen LogP contribution in [0.2, 0.25) is 5.02 Å². The minimum Gasteiger partial charge on any atom is -0.444 e. The van der Waals surface area contributed by atoms with E-state index < -0.39 is 11.7 Å². The molecule has 0 unspecified atom stereocenters. The zero-order chi connectivity index (χ0) is 25.2. The Labute approximate surface area is 207 Å². The molecule has 2 aromatic carbocycles. The first-order valence-corrected chi connectivity index (χ1v) is 11.4. The molecule has 0 aliphatic heterocycles. The minimum atomic E-state index is -0.560. The van der Waals surface area contributed by atoms with Crippen LogP contribution in [0.3, 0.4) is 0 Å². The molecular weight excluding hydrogens is 466 g/mol. The number of pyridine rings is 1. The molecule has 9 heteroatoms. The number of aromatic nitrogens is 3. The monoisotopic (exact) mass is 491 g/mol. The fourth-order valence-electron chi connectivity index (χ4n) is 3.56. The zero-order valence-corrected chi connectivity index (χ0v) is 20.7. The van der Waals surface area contributed by atoms with Crippen molar-refractivity contribution < 1.29 is 9.53 Å². The van der Waals surface area contributed by atoms with Crippen LogP contribution in [0.5, 0.6) is 0 Å². The number of aryl methyl sites for hydroxylation is 1. The Balaban J connectivity index is 1.56. The van der Waals surface area contributed by atoms with Gasteiger partial charge in [-0.25, -0.2) is 9.78 Å². The van der Waals surface area contributed by atoms with Gasteiger partial charge in [-0.05, 0) is 50.6 Å². The number of nitrogens with one attached hydrogen (secondary N) is 2. The first-order valence-electron chi connectivity index (χ1n) is 11.1. The molecule has 1 amide bonds. The van der Waals surface area contributed by atoms with Crippen LogP contribution in [0.15, 0.2) is 65.6 Å². The Morgan fingerprint density at radius 3 is 2.60 bits per heavy atom. The molecule has 0 saturated heterocycles. The van der Waals surface area contributed by atoms with Crippen molar-refractivity contribution in [1.82, 2.24) is 19.9 Å². The van der Waals surface area contributed by atoms with E-state index in [1.54, 1.807) is 25.4 Å². The largest absolute Gasteiger partial charge is 0.444 e. The molecule has 0 aliphatic carbocycles. The van der Waals surface area contributed by atoms with E-state index in [4.69, 9.17) is 16.3 Å². The molecule has 0 bridgehead atoms. The summed E-state index contributed by atoms with van der Waals surface area (Å²) in [6.07, 6.45) is 1.18. The van der Waals surface area contributed by atoms with Crippen molar-refractivity contribution in [2.24, 2.45) is 7.05 Å². The van der Waals surface area contributed by atoms with E-state index in [0.717, 1.165) is 11.3 Å². The molecular formula is C26H26ClN5O3. The lowest BCUT2D eigenvalue weighted by Gasteiger charge is -2.19. The van der Waals surface area contributed by atoms with Gasteiger partial charge in [-0.3, -0.25) is 9.36 Å². The van der Waals surface area contributed by atoms with Crippen LogP contribution < -0.4 is 16.2 Å². The lowest BCUT2D eigenvalue weighted by molar-refractivity contribution is 0.0523. The number of benzene rings is 2. The third kappa shape index (κ3) is 5.78. The zero-order valence-electron chi connectivity index (χ0n) is 19.9. The van der Waals surface area contributed by atoms with Crippen molar-refractivity contribution in [1.29, 1.82) is 0 Å². The lowest BCUT2D eigenvalue weighted by atomic mass is 10.1. The number of nitrogens with zero attached hydrogens (tertiary/aromatic N) is 3. The standard InChI is InChI=1S/C26H26ClN5O3/c1-26(2,3)35-25(34)29-14-16-8-7-9-18(12-16)30-24-28-15-17-13-20(19-10-5-6-11-21(19)27)23(33)32(4)22(17)31-24/h5-13,15H,14H2,1-4H3,(H,29,34)(H,28,30,31). The van der Waals surface area contributed by atoms with E-state index in [1.807, 2.05) is 63.2 Å². The number of anilines is 2. The maximum absolute atomic E-state index is 13.0. The van der Waals surface area contributed by atoms with Crippen LogP contribution >= 0.6 is 11.6 Å². The second kappa shape index (κ2) is 9.76. The molecule has 35 heavy (non-hydrogen) atoms. The van der Waals surface area contributed by atoms with Gasteiger partial charge < -0.3 is 15.4 Å². The van der Waals surface area contributed by atoms with Gasteiger partial charge in [0.05, 0.1) is 0 Å². The Morgan fingerprint density at radius 1 is 1.09 bits per heavy atom. The summed E-state index contributed by atoms with van der Waals surface area (Å²) >= 11 is 6.31. The van der Waals surface area contributed by atoms with E-state index in [1.165, 1.54) is 4.57 Å². The number of hydrogen-bond acceptors (Lipinski definition) is 6. The van der Waals surface area contributed by atoms with Gasteiger partial charge in [-0.2, -0.15) is 4.98 Å². The van der Waals surface area contributed by atoms with Gasteiger partial charge in [-0.15, -0.1) is 0 Å². The first kappa shape index (κ1) is 24.2. The SMILES string of the molecule is Cn1c(=O)c(-c2ccccc2Cl)cc2cnc(Nc3cccc(CNC(=O)OC(C)(C)C)c3)nc21. The third-order valence-electron chi connectivity index (χ3n) is 5.13. The van der Waals surface area contributed by atoms with E-state index in [-0.39, 0.29) is 5.56 Å². The van der Waals surface area contributed by atoms with E-state index >= 15 is 0 Å². The number of hydrogen-bond donors (Lipinski definition) is 2. The van der Waals surface area contributed by atoms with Crippen LogP contribution in [-0.4, -0.2) is 26.2 Å². The van der Waals surface area contributed by atoms with Crippen molar-refractivity contribution in [3.05, 3.63) is 81.7 Å². The fraction of sp³-hybridized carbons (Fsp3) is 0.231. The number of alkyl carbamates (subject to hydrolysis) is 1. The molecule has 2 N–H and O–H groups in total. The number of halogens is 1. The van der Waals surface area contributed by atoms with Crippen molar-refractivity contribution in [3.63, 3.8) is 0 Å². The highest BCUT2D eigenvalue weighted by Gasteiger charge is 2.16. The maximum atomic E-state index is 13.0. The molecule has 4 aromatic rings. The smallest absolute Gasteiger partial charge is 0.407 e. The van der Waals surface area contributed by atoms with Crippen LogP contribution in [-0.2, 0) is 18.3 Å². The molecule has 2 aromatic heterocycles. The van der Waals surface area contributed by atoms with Gasteiger partial charge in [0, 0.05) is 47.0 Å². The molecule has 0 aliphatic rings. The van der Waals surface area contributed by atoms with E-state index in [2.05, 4.69) is 20.6 Å². The van der Waals surface area contributed by atoms with E-state index in [0.29, 0.717) is 39.7 Å². The molecule has 0 saturated carbocycles. The fourth-order valence-corrected chi connectivity index (χ4v) is 3.79. The number of ether oxygens (including phenoxy) is 1. The Hall–Kier alpha value is -3.91. The second-order valence-corrected chi connectivity index (χ2v) is 9.46. The average Bonchev–Trinajstić information content (AvgIpc) is 2.80. The molecule has 0 radical (unpaired) electrons. The number of carbonyl (C=O) groups is 1. The molecule has 4 rings (SSSR count). The van der Waals surface area contributed by atoms with Crippen molar-refractivity contribution in [3.8, 4) is 11.1 Å². The van der Waals surface area contributed by atoms with Gasteiger partial charge in [0.2, 0.25) is 5.95 Å². The van der Waals surface area contributed by atoms with Crippen LogP contribution in [0.25, 0.3) is 22.2 Å². The average molecular weight is 492 g/mol. The van der Waals surface area contributed by atoms with Gasteiger partial charge in [0.15, 0.2) is 0 Å². The van der Waals surface area contributed by atoms with Gasteiger partial charge in [0.25, 0.3) is 5.56 Å². The first-order chi connectivity index (χ1) is 16.6. The molecule has 2 heterocycles. The molecule has 0 spiro atoms. The minimum absolute atomic E-state index is 0.203. The third-order valence-corrected chi connectivity index (χ3v) is 5.46. The van der Waals surface area contributed by atoms with Gasteiger partial charge in [0.1, 0.15) is 11.2 Å². The van der Waals surface area contributed by atoms with E-state index in [9.17, 15) is 9.59 Å². The summed E-state index contributed by atoms with van der Waals surface area (Å²) in [5.41, 5.74) is 2.49. The van der Waals surface area contributed by atoms with Crippen LogP contribution in [0.4, 0.5) is 16.4 Å². The molecule has 0 fully saturated rings. The van der Waals surface area contributed by atoms with Gasteiger partial charge >= 0.3 is 6.09 Å². The van der Waals surface area contributed by atoms with Crippen molar-refractivity contribution >= 4 is 40.4 Å². The summed E-state index contributed by atoms with van der Waals surface area (Å²) in [6.45, 7) is 5.75. The number of amides is 1. The number of fused-ring (bicyclic) bond motifs is 1. The maximum Gasteiger partial charge on any atom is 0.407 e. The lowest BCUT2D eigenvalue weighted by Crippen LogP contribution is -2.32. The van der Waals surface area contributed by atoms with Crippen molar-refractivity contribution in [2.45, 2.75) is 32.9 Å². The quantitative estimate of drug-likeness (QED) is 0.387. The Morgan fingerprint density at radius 2 is 1.86 bits per heavy atom. The highest BCUT2D eigenvalue weighted by Crippen LogP contribution is 2.27. The summed E-state index contributed by atoms with van der Waals surface area (Å²) < 4.78 is 6.76. The predicted molar refractivity (Wildman–Crippen MR) is 138 cm³/mol. The highest BCUT2D eigenvalue weighted by atomic mass is 35.5. The highest BCUT2D eigenvalue weighted by molar-refractivity contribution is 6.33. The summed E-state index contributed by atoms with van der Waals surface area (Å²) in [7, 11) is 1.67. The van der Waals surface area contributed by atoms with Crippen LogP contribution in [0.1, 0.15) is 26.3 Å². The Kier molecular flexibility index (Phi) is 6.75. The number of rotatable bonds is 5. The second-order valence-electron chi connectivity index (χ2n) is 9.06. The van der Waals surface area contributed by atoms with Crippen LogP contribution in [0, 0.1) is 0 Å². The molecule has 180 valence electrons. The van der Waals surface area contributed by atoms with Gasteiger partial charge in [-0.1, -0.05) is 41.9 Å². The predicted octanol–water partition coefficient (Wildman–Crippen LogP) is 5.42. The topological polar surface area (TPSA) is 98.1 Å². The Bertz CT molecular complexity index is 1460. The summed E-state index contributed by atoms with van der Waals surface area (Å²) in [4.78, 5) is 33.9. The van der Waals surface area contributed by atoms with Crippen molar-refractivity contribution in [2.75, 3.05) is 5.32 Å². The molecule has 8 nitrogen and oxygen atoms in total. The summed E-state index contributed by atoms with van der Waals surface area (Å²) in [5.74, 6) is 0.343. The molecule has 0 atom stereocenters. The number of carbonyl (C=O) groups excluding carboxylic acids is 1. The summed E-state index contributed by atoms with van der Waals surface area (Å²) in [5, 5.41) is 7.12.